The molecular formula is C16H24N2O2. The average Bonchev–Trinajstić information content (AvgIpc) is 2.46. The normalized spacial score (nSPS) is 10.1. The molecule has 2 N–H and O–H groups in total. The molecular weight excluding hydrogens is 252 g/mol. The smallest absolute Gasteiger partial charge is 0.224 e. The van der Waals surface area contributed by atoms with Crippen molar-refractivity contribution in [2.24, 2.45) is 0 Å². The lowest BCUT2D eigenvalue weighted by atomic mass is 10.2. The molecule has 0 spiro atoms. The average molecular weight is 276 g/mol. The lowest BCUT2D eigenvalue weighted by Gasteiger charge is -2.06. The Morgan fingerprint density at radius 1 is 0.950 bits per heavy atom. The maximum Gasteiger partial charge on any atom is 0.224 e. The molecule has 0 aliphatic carbocycles. The van der Waals surface area contributed by atoms with Gasteiger partial charge in [-0.3, -0.25) is 9.59 Å². The van der Waals surface area contributed by atoms with Gasteiger partial charge < -0.3 is 10.6 Å². The van der Waals surface area contributed by atoms with Crippen LogP contribution in [0.4, 0.5) is 5.69 Å². The van der Waals surface area contributed by atoms with Crippen LogP contribution in [-0.2, 0) is 9.59 Å². The highest BCUT2D eigenvalue weighted by Crippen LogP contribution is 2.06. The number of para-hydroxylation sites is 1. The molecule has 0 aliphatic heterocycles. The first-order valence-electron chi connectivity index (χ1n) is 7.34. The fraction of sp³-hybridized carbons (Fsp3) is 0.500. The fourth-order valence-corrected chi connectivity index (χ4v) is 1.84. The highest BCUT2D eigenvalue weighted by molar-refractivity contribution is 5.93. The van der Waals surface area contributed by atoms with E-state index in [0.717, 1.165) is 18.5 Å². The molecule has 1 aromatic carbocycles. The predicted octanol–water partition coefficient (Wildman–Crippen LogP) is 3.10. The summed E-state index contributed by atoms with van der Waals surface area (Å²) in [5.41, 5.74) is 0.762. The summed E-state index contributed by atoms with van der Waals surface area (Å²) in [7, 11) is 0. The number of unbranched alkanes of at least 4 members (excludes halogenated alkanes) is 3. The van der Waals surface area contributed by atoms with Crippen LogP contribution in [-0.4, -0.2) is 18.4 Å². The van der Waals surface area contributed by atoms with Crippen LogP contribution in [0.15, 0.2) is 30.3 Å². The summed E-state index contributed by atoms with van der Waals surface area (Å²) >= 11 is 0. The molecule has 0 heterocycles. The van der Waals surface area contributed by atoms with Gasteiger partial charge in [-0.1, -0.05) is 44.4 Å². The van der Waals surface area contributed by atoms with E-state index in [-0.39, 0.29) is 24.7 Å². The van der Waals surface area contributed by atoms with Crippen molar-refractivity contribution < 1.29 is 9.59 Å². The van der Waals surface area contributed by atoms with Crippen molar-refractivity contribution in [3.8, 4) is 0 Å². The van der Waals surface area contributed by atoms with E-state index in [1.807, 2.05) is 30.3 Å². The molecule has 1 aromatic rings. The molecule has 0 atom stereocenters. The number of hydrogen-bond acceptors (Lipinski definition) is 2. The summed E-state index contributed by atoms with van der Waals surface area (Å²) in [4.78, 5) is 23.2. The Bertz CT molecular complexity index is 404. The highest BCUT2D eigenvalue weighted by Gasteiger charge is 2.06. The van der Waals surface area contributed by atoms with Crippen molar-refractivity contribution >= 4 is 17.5 Å². The van der Waals surface area contributed by atoms with Gasteiger partial charge in [0.05, 0.1) is 0 Å². The van der Waals surface area contributed by atoms with Gasteiger partial charge in [0.15, 0.2) is 0 Å². The largest absolute Gasteiger partial charge is 0.356 e. The number of carbonyl (C=O) groups excluding carboxylic acids is 2. The van der Waals surface area contributed by atoms with Crippen molar-refractivity contribution in [3.05, 3.63) is 30.3 Å². The molecule has 4 nitrogen and oxygen atoms in total. The van der Waals surface area contributed by atoms with Gasteiger partial charge in [-0.2, -0.15) is 0 Å². The third kappa shape index (κ3) is 7.56. The van der Waals surface area contributed by atoms with Gasteiger partial charge >= 0.3 is 0 Å². The van der Waals surface area contributed by atoms with Crippen molar-refractivity contribution in [3.63, 3.8) is 0 Å². The van der Waals surface area contributed by atoms with E-state index in [0.29, 0.717) is 6.54 Å². The Morgan fingerprint density at radius 3 is 2.35 bits per heavy atom. The fourth-order valence-electron chi connectivity index (χ4n) is 1.84. The standard InChI is InChI=1S/C16H24N2O2/c1-2-3-4-8-13-17-15(19)11-12-16(20)18-14-9-6-5-7-10-14/h5-7,9-10H,2-4,8,11-13H2,1H3,(H,17,19)(H,18,20). The van der Waals surface area contributed by atoms with Gasteiger partial charge in [0.1, 0.15) is 0 Å². The second-order valence-corrected chi connectivity index (χ2v) is 4.82. The first-order chi connectivity index (χ1) is 9.72. The second kappa shape index (κ2) is 10.0. The number of anilines is 1. The Labute approximate surface area is 121 Å². The van der Waals surface area contributed by atoms with Crippen LogP contribution in [0, 0.1) is 0 Å². The van der Waals surface area contributed by atoms with Gasteiger partial charge in [0.25, 0.3) is 0 Å². The van der Waals surface area contributed by atoms with Gasteiger partial charge in [-0.15, -0.1) is 0 Å². The molecule has 110 valence electrons. The van der Waals surface area contributed by atoms with Gasteiger partial charge in [0.2, 0.25) is 11.8 Å². The van der Waals surface area contributed by atoms with E-state index >= 15 is 0 Å². The van der Waals surface area contributed by atoms with E-state index in [1.165, 1.54) is 12.8 Å². The molecule has 0 aromatic heterocycles. The molecule has 2 amide bonds. The van der Waals surface area contributed by atoms with Crippen LogP contribution in [0.2, 0.25) is 0 Å². The summed E-state index contributed by atoms with van der Waals surface area (Å²) < 4.78 is 0. The maximum atomic E-state index is 11.6. The third-order valence-corrected chi connectivity index (χ3v) is 2.99. The topological polar surface area (TPSA) is 58.2 Å². The first-order valence-corrected chi connectivity index (χ1v) is 7.34. The predicted molar refractivity (Wildman–Crippen MR) is 81.5 cm³/mol. The summed E-state index contributed by atoms with van der Waals surface area (Å²) in [5, 5.41) is 5.60. The highest BCUT2D eigenvalue weighted by atomic mass is 16.2. The van der Waals surface area contributed by atoms with Crippen LogP contribution >= 0.6 is 0 Å². The second-order valence-electron chi connectivity index (χ2n) is 4.82. The first kappa shape index (κ1) is 16.2. The lowest BCUT2D eigenvalue weighted by Crippen LogP contribution is -2.25. The number of hydrogen-bond donors (Lipinski definition) is 2. The quantitative estimate of drug-likeness (QED) is 0.681. The minimum Gasteiger partial charge on any atom is -0.356 e. The molecule has 0 radical (unpaired) electrons. The Kier molecular flexibility index (Phi) is 8.11. The molecule has 0 bridgehead atoms. The van der Waals surface area contributed by atoms with Crippen LogP contribution in [0.3, 0.4) is 0 Å². The summed E-state index contributed by atoms with van der Waals surface area (Å²) in [6.07, 6.45) is 5.01. The monoisotopic (exact) mass is 276 g/mol. The van der Waals surface area contributed by atoms with Crippen LogP contribution in [0.25, 0.3) is 0 Å². The van der Waals surface area contributed by atoms with Crippen LogP contribution < -0.4 is 10.6 Å². The Hall–Kier alpha value is -1.84. The van der Waals surface area contributed by atoms with Crippen molar-refractivity contribution in [2.75, 3.05) is 11.9 Å². The third-order valence-electron chi connectivity index (χ3n) is 2.99. The van der Waals surface area contributed by atoms with E-state index in [2.05, 4.69) is 17.6 Å². The zero-order valence-corrected chi connectivity index (χ0v) is 12.2. The van der Waals surface area contributed by atoms with E-state index < -0.39 is 0 Å². The summed E-state index contributed by atoms with van der Waals surface area (Å²) in [5.74, 6) is -0.179. The van der Waals surface area contributed by atoms with Crippen molar-refractivity contribution in [1.82, 2.24) is 5.32 Å². The molecule has 1 rings (SSSR count). The molecule has 4 heteroatoms. The minimum atomic E-state index is -0.127. The molecule has 20 heavy (non-hydrogen) atoms. The number of carbonyl (C=O) groups is 2. The van der Waals surface area contributed by atoms with E-state index in [1.54, 1.807) is 0 Å². The number of nitrogens with one attached hydrogen (secondary N) is 2. The molecule has 0 aliphatic rings. The number of benzene rings is 1. The van der Waals surface area contributed by atoms with Crippen molar-refractivity contribution in [2.45, 2.75) is 45.4 Å². The Balaban J connectivity index is 2.10. The SMILES string of the molecule is CCCCCCNC(=O)CCC(=O)Nc1ccccc1. The maximum absolute atomic E-state index is 11.6. The zero-order chi connectivity index (χ0) is 14.6. The number of rotatable bonds is 9. The van der Waals surface area contributed by atoms with Crippen LogP contribution in [0.5, 0.6) is 0 Å². The molecule has 0 fully saturated rings. The van der Waals surface area contributed by atoms with Gasteiger partial charge in [-0.05, 0) is 18.6 Å². The van der Waals surface area contributed by atoms with Gasteiger partial charge in [-0.25, -0.2) is 0 Å². The minimum absolute atomic E-state index is 0.0512. The molecule has 0 unspecified atom stereocenters. The van der Waals surface area contributed by atoms with E-state index in [4.69, 9.17) is 0 Å². The molecule has 0 saturated heterocycles. The van der Waals surface area contributed by atoms with Crippen LogP contribution in [0.1, 0.15) is 45.4 Å². The summed E-state index contributed by atoms with van der Waals surface area (Å²) in [6, 6.07) is 9.26. The zero-order valence-electron chi connectivity index (χ0n) is 12.2. The van der Waals surface area contributed by atoms with Crippen molar-refractivity contribution in [1.29, 1.82) is 0 Å². The number of amides is 2. The Morgan fingerprint density at radius 2 is 1.65 bits per heavy atom. The van der Waals surface area contributed by atoms with Gasteiger partial charge in [0, 0.05) is 25.1 Å². The lowest BCUT2D eigenvalue weighted by molar-refractivity contribution is -0.124. The summed E-state index contributed by atoms with van der Waals surface area (Å²) in [6.45, 7) is 2.86. The molecule has 0 saturated carbocycles. The van der Waals surface area contributed by atoms with E-state index in [9.17, 15) is 9.59 Å².